The predicted octanol–water partition coefficient (Wildman–Crippen LogP) is 5.08. The zero-order valence-electron chi connectivity index (χ0n) is 16.1. The van der Waals surface area contributed by atoms with Gasteiger partial charge >= 0.3 is 0 Å². The van der Waals surface area contributed by atoms with Gasteiger partial charge in [0.1, 0.15) is 0 Å². The van der Waals surface area contributed by atoms with Crippen molar-refractivity contribution in [2.24, 2.45) is 0 Å². The van der Waals surface area contributed by atoms with Gasteiger partial charge in [0.2, 0.25) is 6.67 Å². The predicted molar refractivity (Wildman–Crippen MR) is 115 cm³/mol. The molecular weight excluding hydrogens is 340 g/mol. The molecule has 0 N–H and O–H groups in total. The van der Waals surface area contributed by atoms with Gasteiger partial charge in [-0.1, -0.05) is 60.7 Å². The maximum atomic E-state index is 2.51. The molecule has 0 saturated carbocycles. The number of benzene rings is 2. The molecule has 5 rings (SSSR count). The Morgan fingerprint density at radius 2 is 1.04 bits per heavy atom. The fourth-order valence-electron chi connectivity index (χ4n) is 4.32. The van der Waals surface area contributed by atoms with E-state index < -0.39 is 0 Å². The maximum Gasteiger partial charge on any atom is 0.228 e. The Balaban J connectivity index is 1.79. The van der Waals surface area contributed by atoms with Crippen molar-refractivity contribution >= 4 is 11.4 Å². The van der Waals surface area contributed by atoms with Gasteiger partial charge in [-0.25, -0.2) is 0 Å². The molecule has 0 spiro atoms. The molecule has 0 radical (unpaired) electrons. The first-order chi connectivity index (χ1) is 13.9. The highest BCUT2D eigenvalue weighted by atomic mass is 15.3. The molecule has 2 bridgehead atoms. The van der Waals surface area contributed by atoms with Crippen LogP contribution in [0.25, 0.3) is 0 Å². The van der Waals surface area contributed by atoms with Crippen LogP contribution < -0.4 is 9.47 Å². The van der Waals surface area contributed by atoms with Crippen LogP contribution in [-0.2, 0) is 32.4 Å². The van der Waals surface area contributed by atoms with Crippen molar-refractivity contribution in [1.82, 2.24) is 0 Å². The summed E-state index contributed by atoms with van der Waals surface area (Å²) >= 11 is 0. The lowest BCUT2D eigenvalue weighted by Gasteiger charge is -2.28. The molecule has 0 aliphatic carbocycles. The number of hydrogen-bond donors (Lipinski definition) is 0. The summed E-state index contributed by atoms with van der Waals surface area (Å²) in [5.41, 5.74) is 8.10. The van der Waals surface area contributed by atoms with Gasteiger partial charge in [-0.3, -0.25) is 4.90 Å². The van der Waals surface area contributed by atoms with E-state index in [-0.39, 0.29) is 0 Å². The zero-order chi connectivity index (χ0) is 18.8. The van der Waals surface area contributed by atoms with Crippen molar-refractivity contribution < 1.29 is 4.57 Å². The highest BCUT2D eigenvalue weighted by molar-refractivity contribution is 5.69. The fraction of sp³-hybridized carbons (Fsp3) is 0.192. The highest BCUT2D eigenvalue weighted by Crippen LogP contribution is 2.33. The van der Waals surface area contributed by atoms with Crippen molar-refractivity contribution in [2.45, 2.75) is 32.4 Å². The molecule has 2 aromatic carbocycles. The summed E-state index contributed by atoms with van der Waals surface area (Å²) in [6.45, 7) is 0.835. The molecule has 0 fully saturated rings. The lowest BCUT2D eigenvalue weighted by molar-refractivity contribution is -0.708. The average molecular weight is 366 g/mol. The molecule has 1 aromatic heterocycles. The Morgan fingerprint density at radius 1 is 0.536 bits per heavy atom. The normalized spacial score (nSPS) is 17.8. The Morgan fingerprint density at radius 3 is 1.61 bits per heavy atom. The van der Waals surface area contributed by atoms with Crippen LogP contribution in [0, 0.1) is 0 Å². The van der Waals surface area contributed by atoms with Crippen LogP contribution in [0.5, 0.6) is 0 Å². The van der Waals surface area contributed by atoms with Gasteiger partial charge < -0.3 is 0 Å². The van der Waals surface area contributed by atoms with E-state index in [1.54, 1.807) is 0 Å². The Kier molecular flexibility index (Phi) is 4.54. The van der Waals surface area contributed by atoms with Crippen LogP contribution >= 0.6 is 0 Å². The quantitative estimate of drug-likeness (QED) is 0.398. The Bertz CT molecular complexity index is 982. The molecule has 3 aromatic rings. The van der Waals surface area contributed by atoms with Crippen LogP contribution in [0.1, 0.15) is 22.5 Å². The minimum absolute atomic E-state index is 0.835. The third-order valence-corrected chi connectivity index (χ3v) is 5.78. The summed E-state index contributed by atoms with van der Waals surface area (Å²) < 4.78 is 2.50. The van der Waals surface area contributed by atoms with E-state index in [9.17, 15) is 0 Å². The van der Waals surface area contributed by atoms with Crippen molar-refractivity contribution in [2.75, 3.05) is 4.90 Å². The highest BCUT2D eigenvalue weighted by Gasteiger charge is 2.24. The van der Waals surface area contributed by atoms with Crippen molar-refractivity contribution in [3.8, 4) is 0 Å². The first-order valence-corrected chi connectivity index (χ1v) is 10.1. The van der Waals surface area contributed by atoms with E-state index in [1.807, 2.05) is 0 Å². The van der Waals surface area contributed by atoms with Gasteiger partial charge in [-0.05, 0) is 42.2 Å². The maximum absolute atomic E-state index is 2.51. The summed E-state index contributed by atoms with van der Waals surface area (Å²) in [5.74, 6) is 0. The third kappa shape index (κ3) is 3.16. The van der Waals surface area contributed by atoms with E-state index in [2.05, 4.69) is 101 Å². The van der Waals surface area contributed by atoms with Gasteiger partial charge in [0, 0.05) is 12.1 Å². The number of hydrogen-bond acceptors (Lipinski definition) is 1. The number of anilines is 2. The van der Waals surface area contributed by atoms with E-state index in [0.717, 1.165) is 32.4 Å². The van der Waals surface area contributed by atoms with Gasteiger partial charge in [0.15, 0.2) is 11.4 Å². The number of allylic oxidation sites excluding steroid dienone is 4. The molecule has 28 heavy (non-hydrogen) atoms. The summed E-state index contributed by atoms with van der Waals surface area (Å²) in [7, 11) is 0. The fourth-order valence-corrected chi connectivity index (χ4v) is 4.32. The lowest BCUT2D eigenvalue weighted by Crippen LogP contribution is -2.49. The first-order valence-electron chi connectivity index (χ1n) is 10.1. The molecule has 0 unspecified atom stereocenters. The second-order valence-corrected chi connectivity index (χ2v) is 7.52. The van der Waals surface area contributed by atoms with Gasteiger partial charge in [-0.15, -0.1) is 0 Å². The van der Waals surface area contributed by atoms with Gasteiger partial charge in [0.05, 0.1) is 24.2 Å². The van der Waals surface area contributed by atoms with Crippen LogP contribution in [0.4, 0.5) is 11.4 Å². The topological polar surface area (TPSA) is 7.12 Å². The minimum atomic E-state index is 0.835. The Labute approximate surface area is 167 Å². The van der Waals surface area contributed by atoms with Crippen molar-refractivity contribution in [1.29, 1.82) is 0 Å². The molecular formula is C26H25N2+. The van der Waals surface area contributed by atoms with Gasteiger partial charge in [0.25, 0.3) is 0 Å². The number of para-hydroxylation sites is 2. The van der Waals surface area contributed by atoms with E-state index >= 15 is 0 Å². The van der Waals surface area contributed by atoms with Crippen LogP contribution in [0.2, 0.25) is 0 Å². The summed E-state index contributed by atoms with van der Waals surface area (Å²) in [6, 6.07) is 24.4. The summed E-state index contributed by atoms with van der Waals surface area (Å²) in [4.78, 5) is 2.51. The molecule has 2 aliphatic rings. The molecule has 2 nitrogen and oxygen atoms in total. The first kappa shape index (κ1) is 17.0. The molecule has 3 heterocycles. The standard InChI is InChI=1S/C26H25N2/c1-5-14-23-16-9-17-24-15-6-2-11-22-13-4-8-19-26(22)28(20-27(23)24)25-18-7-3-12-21(25)10-1/h1-9,12-13,16-19H,10-11,14-15,20H2/q+1/b5-1+,6-2+. The number of aromatic nitrogens is 1. The lowest BCUT2D eigenvalue weighted by atomic mass is 10.0. The van der Waals surface area contributed by atoms with E-state index in [1.165, 1.54) is 33.9 Å². The van der Waals surface area contributed by atoms with Crippen LogP contribution in [-0.4, -0.2) is 0 Å². The smallest absolute Gasteiger partial charge is 0.228 e. The SMILES string of the molecule is C1=C/Cc2cccc3[n+]2CN(c2ccccc2C/1)c1ccccc1C/C=C/C3. The molecule has 2 aliphatic heterocycles. The van der Waals surface area contributed by atoms with Crippen LogP contribution in [0.3, 0.4) is 0 Å². The van der Waals surface area contributed by atoms with E-state index in [0.29, 0.717) is 0 Å². The molecule has 0 amide bonds. The molecule has 2 heteroatoms. The second-order valence-electron chi connectivity index (χ2n) is 7.52. The van der Waals surface area contributed by atoms with Gasteiger partial charge in [-0.2, -0.15) is 4.57 Å². The molecule has 0 saturated heterocycles. The monoisotopic (exact) mass is 365 g/mol. The Hall–Kier alpha value is -3.13. The number of fused-ring (bicyclic) bond motifs is 5. The van der Waals surface area contributed by atoms with Crippen molar-refractivity contribution in [3.05, 3.63) is 114 Å². The largest absolute Gasteiger partial charge is 0.285 e. The zero-order valence-corrected chi connectivity index (χ0v) is 16.1. The number of pyridine rings is 1. The van der Waals surface area contributed by atoms with E-state index in [4.69, 9.17) is 0 Å². The third-order valence-electron chi connectivity index (χ3n) is 5.78. The minimum Gasteiger partial charge on any atom is -0.285 e. The summed E-state index contributed by atoms with van der Waals surface area (Å²) in [6.07, 6.45) is 13.1. The number of nitrogens with zero attached hydrogens (tertiary/aromatic N) is 2. The average Bonchev–Trinajstić information content (AvgIpc) is 2.74. The molecule has 0 atom stereocenters. The molecule has 138 valence electrons. The summed E-state index contributed by atoms with van der Waals surface area (Å²) in [5, 5.41) is 0. The van der Waals surface area contributed by atoms with Crippen LogP contribution in [0.15, 0.2) is 91.0 Å². The van der Waals surface area contributed by atoms with Crippen molar-refractivity contribution in [3.63, 3.8) is 0 Å². The second kappa shape index (κ2) is 7.47. The number of rotatable bonds is 0.